The van der Waals surface area contributed by atoms with Crippen LogP contribution >= 0.6 is 0 Å². The van der Waals surface area contributed by atoms with Gasteiger partial charge in [-0.2, -0.15) is 0 Å². The smallest absolute Gasteiger partial charge is 0.115 e. The zero-order valence-electron chi connectivity index (χ0n) is 9.21. The molecule has 0 saturated heterocycles. The summed E-state index contributed by atoms with van der Waals surface area (Å²) in [5.74, 6) is 7.18. The van der Waals surface area contributed by atoms with Gasteiger partial charge in [0.2, 0.25) is 0 Å². The quantitative estimate of drug-likeness (QED) is 0.471. The zero-order chi connectivity index (χ0) is 11.4. The summed E-state index contributed by atoms with van der Waals surface area (Å²) in [6.45, 7) is 0.292. The molecule has 0 spiro atoms. The lowest BCUT2D eigenvalue weighted by atomic mass is 10.1. The monoisotopic (exact) mass is 208 g/mol. The molecule has 1 atom stereocenters. The van der Waals surface area contributed by atoms with Crippen LogP contribution in [0.3, 0.4) is 0 Å². The number of hydrogen-bond acceptors (Lipinski definition) is 2. The molecule has 0 fully saturated rings. The summed E-state index contributed by atoms with van der Waals surface area (Å²) in [5, 5.41) is 17.9. The van der Waals surface area contributed by atoms with E-state index in [4.69, 9.17) is 11.5 Å². The Balaban J connectivity index is 3.21. The van der Waals surface area contributed by atoms with E-state index in [-0.39, 0.29) is 0 Å². The maximum absolute atomic E-state index is 9.32. The predicted octanol–water partition coefficient (Wildman–Crippen LogP) is 1.71. The van der Waals surface area contributed by atoms with Crippen LogP contribution in [0.15, 0.2) is 0 Å². The Hall–Kier alpha value is -0.960. The van der Waals surface area contributed by atoms with Gasteiger partial charge in [-0.25, -0.2) is 0 Å². The highest BCUT2D eigenvalue weighted by atomic mass is 16.3. The van der Waals surface area contributed by atoms with Gasteiger partial charge >= 0.3 is 0 Å². The lowest BCUT2D eigenvalue weighted by Gasteiger charge is -2.02. The Labute approximate surface area is 92.7 Å². The van der Waals surface area contributed by atoms with E-state index < -0.39 is 6.10 Å². The highest BCUT2D eigenvalue weighted by molar-refractivity contribution is 5.23. The average Bonchev–Trinajstić information content (AvgIpc) is 2.25. The molecule has 0 radical (unpaired) electrons. The number of unbranched alkanes of at least 4 members (excludes halogenated alkanes) is 5. The van der Waals surface area contributed by atoms with E-state index in [1.165, 1.54) is 0 Å². The van der Waals surface area contributed by atoms with Gasteiger partial charge in [0.25, 0.3) is 0 Å². The molecule has 0 aromatic rings. The molecule has 0 amide bonds. The summed E-state index contributed by atoms with van der Waals surface area (Å²) >= 11 is 0. The van der Waals surface area contributed by atoms with Gasteiger partial charge in [0.15, 0.2) is 0 Å². The molecule has 0 rings (SSSR count). The number of hydrogen-bond donors (Lipinski definition) is 2. The van der Waals surface area contributed by atoms with Crippen molar-refractivity contribution < 1.29 is 10.2 Å². The predicted molar refractivity (Wildman–Crippen MR) is 62.0 cm³/mol. The van der Waals surface area contributed by atoms with Crippen molar-refractivity contribution >= 4 is 0 Å². The molecular formula is C13H20O2. The fourth-order valence-electron chi connectivity index (χ4n) is 1.35. The first-order chi connectivity index (χ1) is 7.31. The van der Waals surface area contributed by atoms with E-state index in [2.05, 4.69) is 17.8 Å². The molecule has 0 saturated carbocycles. The van der Waals surface area contributed by atoms with Crippen LogP contribution in [0.2, 0.25) is 0 Å². The fraction of sp³-hybridized carbons (Fsp3) is 0.692. The lowest BCUT2D eigenvalue weighted by Crippen LogP contribution is -2.01. The molecule has 0 bridgehead atoms. The Morgan fingerprint density at radius 2 is 1.60 bits per heavy atom. The number of aliphatic hydroxyl groups is 2. The molecule has 0 aromatic heterocycles. The third-order valence-electron chi connectivity index (χ3n) is 2.20. The molecule has 0 aliphatic heterocycles. The van der Waals surface area contributed by atoms with Crippen molar-refractivity contribution in [1.82, 2.24) is 0 Å². The number of rotatable bonds is 8. The van der Waals surface area contributed by atoms with Crippen LogP contribution in [0, 0.1) is 24.2 Å². The SMILES string of the molecule is C#CC#CC(O)CCCCCCCCO. The van der Waals surface area contributed by atoms with Crippen molar-refractivity contribution in [1.29, 1.82) is 0 Å². The van der Waals surface area contributed by atoms with Gasteiger partial charge in [-0.15, -0.1) is 6.42 Å². The van der Waals surface area contributed by atoms with Crippen molar-refractivity contribution in [3.63, 3.8) is 0 Å². The van der Waals surface area contributed by atoms with E-state index >= 15 is 0 Å². The van der Waals surface area contributed by atoms with Gasteiger partial charge in [0.1, 0.15) is 6.10 Å². The topological polar surface area (TPSA) is 40.5 Å². The molecule has 0 heterocycles. The van der Waals surface area contributed by atoms with E-state index in [1.54, 1.807) is 0 Å². The Bertz CT molecular complexity index is 229. The maximum Gasteiger partial charge on any atom is 0.115 e. The van der Waals surface area contributed by atoms with Gasteiger partial charge in [-0.1, -0.05) is 31.6 Å². The lowest BCUT2D eigenvalue weighted by molar-refractivity contribution is 0.217. The van der Waals surface area contributed by atoms with Gasteiger partial charge in [-0.05, 0) is 31.1 Å². The van der Waals surface area contributed by atoms with Gasteiger partial charge in [0.05, 0.1) is 0 Å². The summed E-state index contributed by atoms with van der Waals surface area (Å²) in [7, 11) is 0. The number of terminal acetylenes is 1. The minimum absolute atomic E-state index is 0.292. The van der Waals surface area contributed by atoms with E-state index in [0.717, 1.165) is 38.5 Å². The minimum atomic E-state index is -0.571. The first-order valence-electron chi connectivity index (χ1n) is 5.56. The van der Waals surface area contributed by atoms with Crippen LogP contribution < -0.4 is 0 Å². The molecule has 0 aliphatic carbocycles. The third kappa shape index (κ3) is 11.0. The normalized spacial score (nSPS) is 11.3. The van der Waals surface area contributed by atoms with Crippen molar-refractivity contribution in [3.8, 4) is 24.2 Å². The maximum atomic E-state index is 9.32. The molecule has 1 unspecified atom stereocenters. The Kier molecular flexibility index (Phi) is 10.4. The second-order valence-corrected chi connectivity index (χ2v) is 3.56. The first-order valence-corrected chi connectivity index (χ1v) is 5.56. The molecule has 84 valence electrons. The van der Waals surface area contributed by atoms with Crippen molar-refractivity contribution in [3.05, 3.63) is 0 Å². The molecule has 2 heteroatoms. The van der Waals surface area contributed by atoms with E-state index in [9.17, 15) is 5.11 Å². The molecule has 15 heavy (non-hydrogen) atoms. The zero-order valence-corrected chi connectivity index (χ0v) is 9.21. The summed E-state index contributed by atoms with van der Waals surface area (Å²) in [5.41, 5.74) is 0. The van der Waals surface area contributed by atoms with Crippen molar-refractivity contribution in [2.45, 2.75) is 51.0 Å². The van der Waals surface area contributed by atoms with Crippen LogP contribution in [-0.4, -0.2) is 22.9 Å². The van der Waals surface area contributed by atoms with Gasteiger partial charge < -0.3 is 10.2 Å². The van der Waals surface area contributed by atoms with Crippen LogP contribution in [-0.2, 0) is 0 Å². The van der Waals surface area contributed by atoms with Gasteiger partial charge in [0, 0.05) is 6.61 Å². The summed E-state index contributed by atoms with van der Waals surface area (Å²) in [4.78, 5) is 0. The average molecular weight is 208 g/mol. The summed E-state index contributed by atoms with van der Waals surface area (Å²) in [6, 6.07) is 0. The highest BCUT2D eigenvalue weighted by Gasteiger charge is 1.98. The third-order valence-corrected chi connectivity index (χ3v) is 2.20. The second-order valence-electron chi connectivity index (χ2n) is 3.56. The van der Waals surface area contributed by atoms with Crippen LogP contribution in [0.4, 0.5) is 0 Å². The van der Waals surface area contributed by atoms with Crippen molar-refractivity contribution in [2.75, 3.05) is 6.61 Å². The molecule has 0 aromatic carbocycles. The highest BCUT2D eigenvalue weighted by Crippen LogP contribution is 2.08. The first kappa shape index (κ1) is 14.0. The molecule has 2 nitrogen and oxygen atoms in total. The van der Waals surface area contributed by atoms with Crippen molar-refractivity contribution in [2.24, 2.45) is 0 Å². The molecular weight excluding hydrogens is 188 g/mol. The summed E-state index contributed by atoms with van der Waals surface area (Å²) < 4.78 is 0. The summed E-state index contributed by atoms with van der Waals surface area (Å²) in [6.07, 6.45) is 11.5. The van der Waals surface area contributed by atoms with Gasteiger partial charge in [-0.3, -0.25) is 0 Å². The molecule has 2 N–H and O–H groups in total. The largest absolute Gasteiger partial charge is 0.396 e. The van der Waals surface area contributed by atoms with Crippen LogP contribution in [0.5, 0.6) is 0 Å². The number of aliphatic hydroxyl groups excluding tert-OH is 2. The Morgan fingerprint density at radius 1 is 1.00 bits per heavy atom. The van der Waals surface area contributed by atoms with E-state index in [0.29, 0.717) is 13.0 Å². The minimum Gasteiger partial charge on any atom is -0.396 e. The van der Waals surface area contributed by atoms with Crippen LogP contribution in [0.25, 0.3) is 0 Å². The van der Waals surface area contributed by atoms with Crippen LogP contribution in [0.1, 0.15) is 44.9 Å². The second kappa shape index (κ2) is 11.1. The standard InChI is InChI=1S/C13H20O2/c1-2-3-10-13(15)11-8-6-4-5-7-9-12-14/h1,13-15H,4-9,11-12H2. The Morgan fingerprint density at radius 3 is 2.20 bits per heavy atom. The van der Waals surface area contributed by atoms with E-state index in [1.807, 2.05) is 0 Å². The molecule has 0 aliphatic rings. The fourth-order valence-corrected chi connectivity index (χ4v) is 1.35.